The van der Waals surface area contributed by atoms with Crippen molar-refractivity contribution in [3.8, 4) is 28.3 Å². The Morgan fingerprint density at radius 2 is 1.63 bits per heavy atom. The summed E-state index contributed by atoms with van der Waals surface area (Å²) in [6, 6.07) is 17.1. The number of hydrogen-bond donors (Lipinski definition) is 1. The third-order valence-corrected chi connectivity index (χ3v) is 6.89. The number of aromatic nitrogens is 3. The Balaban J connectivity index is 1.26. The van der Waals surface area contributed by atoms with E-state index in [2.05, 4.69) is 75.3 Å². The lowest BCUT2D eigenvalue weighted by Gasteiger charge is -2.28. The number of ether oxygens (including phenoxy) is 3. The summed E-state index contributed by atoms with van der Waals surface area (Å²) in [5.74, 6) is 0.932. The van der Waals surface area contributed by atoms with Crippen LogP contribution in [0.15, 0.2) is 54.9 Å². The quantitative estimate of drug-likeness (QED) is 0.443. The first kappa shape index (κ1) is 22.1. The molecule has 0 unspecified atom stereocenters. The minimum absolute atomic E-state index is 0.223. The van der Waals surface area contributed by atoms with E-state index in [-0.39, 0.29) is 6.10 Å². The number of morpholine rings is 1. The van der Waals surface area contributed by atoms with E-state index in [0.29, 0.717) is 0 Å². The Bertz CT molecular complexity index is 1310. The molecule has 2 aliphatic rings. The van der Waals surface area contributed by atoms with Crippen LogP contribution in [0.4, 0.5) is 5.69 Å². The molecule has 4 heterocycles. The van der Waals surface area contributed by atoms with Crippen LogP contribution in [0.1, 0.15) is 18.4 Å². The van der Waals surface area contributed by atoms with Gasteiger partial charge in [0.1, 0.15) is 23.8 Å². The molecular weight excluding hydrogens is 440 g/mol. The summed E-state index contributed by atoms with van der Waals surface area (Å²) in [7, 11) is 0. The van der Waals surface area contributed by atoms with Crippen LogP contribution in [0.2, 0.25) is 0 Å². The molecule has 2 aromatic carbocycles. The Hall–Kier alpha value is -3.42. The van der Waals surface area contributed by atoms with Gasteiger partial charge in [0.15, 0.2) is 0 Å². The number of aryl methyl sites for hydroxylation is 1. The third kappa shape index (κ3) is 4.61. The van der Waals surface area contributed by atoms with Crippen molar-refractivity contribution in [3.05, 3.63) is 60.4 Å². The lowest BCUT2D eigenvalue weighted by atomic mass is 10.0. The molecule has 4 aromatic rings. The fourth-order valence-electron chi connectivity index (χ4n) is 4.90. The molecule has 2 saturated heterocycles. The molecule has 2 aliphatic heterocycles. The van der Waals surface area contributed by atoms with Gasteiger partial charge in [0.2, 0.25) is 0 Å². The molecule has 6 rings (SSSR count). The molecule has 0 amide bonds. The Labute approximate surface area is 205 Å². The van der Waals surface area contributed by atoms with Gasteiger partial charge in [-0.3, -0.25) is 0 Å². The van der Waals surface area contributed by atoms with Gasteiger partial charge in [-0.2, -0.15) is 0 Å². The Morgan fingerprint density at radius 1 is 0.886 bits per heavy atom. The van der Waals surface area contributed by atoms with E-state index >= 15 is 0 Å². The molecule has 180 valence electrons. The van der Waals surface area contributed by atoms with Crippen molar-refractivity contribution in [1.29, 1.82) is 0 Å². The van der Waals surface area contributed by atoms with Gasteiger partial charge in [0.05, 0.1) is 32.1 Å². The molecular formula is C28H30N4O3. The number of nitrogens with one attached hydrogen (secondary N) is 1. The normalized spacial score (nSPS) is 17.1. The molecule has 1 N–H and O–H groups in total. The van der Waals surface area contributed by atoms with Crippen LogP contribution in [0.5, 0.6) is 5.75 Å². The van der Waals surface area contributed by atoms with Crippen LogP contribution in [-0.4, -0.2) is 60.6 Å². The second kappa shape index (κ2) is 9.68. The number of aromatic amines is 1. The van der Waals surface area contributed by atoms with Gasteiger partial charge in [0, 0.05) is 48.3 Å². The summed E-state index contributed by atoms with van der Waals surface area (Å²) < 4.78 is 17.2. The van der Waals surface area contributed by atoms with Crippen molar-refractivity contribution in [1.82, 2.24) is 15.0 Å². The van der Waals surface area contributed by atoms with Crippen molar-refractivity contribution in [2.24, 2.45) is 0 Å². The molecule has 2 fully saturated rings. The zero-order chi connectivity index (χ0) is 23.6. The van der Waals surface area contributed by atoms with Gasteiger partial charge < -0.3 is 24.1 Å². The summed E-state index contributed by atoms with van der Waals surface area (Å²) in [5, 5.41) is 1.01. The van der Waals surface area contributed by atoms with E-state index in [9.17, 15) is 0 Å². The van der Waals surface area contributed by atoms with E-state index in [0.717, 1.165) is 97.2 Å². The van der Waals surface area contributed by atoms with Gasteiger partial charge in [-0.05, 0) is 54.4 Å². The highest BCUT2D eigenvalue weighted by Gasteiger charge is 2.18. The zero-order valence-corrected chi connectivity index (χ0v) is 20.0. The number of nitrogens with zero attached hydrogens (tertiary/aromatic N) is 3. The van der Waals surface area contributed by atoms with E-state index in [1.54, 1.807) is 6.33 Å². The summed E-state index contributed by atoms with van der Waals surface area (Å²) in [6.07, 6.45) is 3.72. The molecule has 35 heavy (non-hydrogen) atoms. The molecule has 0 spiro atoms. The van der Waals surface area contributed by atoms with Crippen LogP contribution >= 0.6 is 0 Å². The predicted octanol–water partition coefficient (Wildman–Crippen LogP) is 4.99. The first-order valence-electron chi connectivity index (χ1n) is 12.4. The summed E-state index contributed by atoms with van der Waals surface area (Å²) in [4.78, 5) is 15.0. The van der Waals surface area contributed by atoms with Crippen LogP contribution in [0.3, 0.4) is 0 Å². The van der Waals surface area contributed by atoms with Crippen molar-refractivity contribution >= 4 is 16.7 Å². The highest BCUT2D eigenvalue weighted by atomic mass is 16.5. The van der Waals surface area contributed by atoms with Crippen LogP contribution in [0, 0.1) is 6.92 Å². The first-order chi connectivity index (χ1) is 17.2. The average Bonchev–Trinajstić information content (AvgIpc) is 3.36. The minimum atomic E-state index is 0.223. The predicted molar refractivity (Wildman–Crippen MR) is 137 cm³/mol. The van der Waals surface area contributed by atoms with Crippen LogP contribution in [-0.2, 0) is 9.47 Å². The van der Waals surface area contributed by atoms with Crippen molar-refractivity contribution in [2.75, 3.05) is 44.4 Å². The molecule has 2 aromatic heterocycles. The Morgan fingerprint density at radius 3 is 2.40 bits per heavy atom. The molecule has 0 saturated carbocycles. The number of benzene rings is 2. The van der Waals surface area contributed by atoms with Gasteiger partial charge in [0.25, 0.3) is 0 Å². The minimum Gasteiger partial charge on any atom is -0.490 e. The number of H-pyrrole nitrogens is 1. The second-order valence-corrected chi connectivity index (χ2v) is 9.22. The maximum atomic E-state index is 6.25. The highest BCUT2D eigenvalue weighted by Crippen LogP contribution is 2.33. The van der Waals surface area contributed by atoms with E-state index in [4.69, 9.17) is 14.2 Å². The topological polar surface area (TPSA) is 72.5 Å². The average molecular weight is 471 g/mol. The van der Waals surface area contributed by atoms with Crippen molar-refractivity contribution < 1.29 is 14.2 Å². The molecule has 0 radical (unpaired) electrons. The van der Waals surface area contributed by atoms with Gasteiger partial charge >= 0.3 is 0 Å². The lowest BCUT2D eigenvalue weighted by Crippen LogP contribution is -2.36. The monoisotopic (exact) mass is 470 g/mol. The Kier molecular flexibility index (Phi) is 6.10. The van der Waals surface area contributed by atoms with E-state index in [1.807, 2.05) is 0 Å². The van der Waals surface area contributed by atoms with E-state index in [1.165, 1.54) is 5.69 Å². The highest BCUT2D eigenvalue weighted by molar-refractivity contribution is 5.94. The standard InChI is InChI=1S/C28H30N4O3/c1-19-16-21(4-7-26(19)35-23-8-12-33-13-9-23)27-24-17-25(31-28(24)30-18-29-27)20-2-5-22(6-3-20)32-10-14-34-15-11-32/h2-7,16-18,23H,8-15H2,1H3,(H,29,30,31). The second-order valence-electron chi connectivity index (χ2n) is 9.22. The van der Waals surface area contributed by atoms with Gasteiger partial charge in [-0.25, -0.2) is 9.97 Å². The lowest BCUT2D eigenvalue weighted by molar-refractivity contribution is 0.0253. The van der Waals surface area contributed by atoms with E-state index < -0.39 is 0 Å². The fraction of sp³-hybridized carbons (Fsp3) is 0.357. The maximum absolute atomic E-state index is 6.25. The molecule has 7 heteroatoms. The van der Waals surface area contributed by atoms with Crippen molar-refractivity contribution in [2.45, 2.75) is 25.9 Å². The number of hydrogen-bond acceptors (Lipinski definition) is 6. The largest absolute Gasteiger partial charge is 0.490 e. The smallest absolute Gasteiger partial charge is 0.141 e. The summed E-state index contributed by atoms with van der Waals surface area (Å²) in [5.41, 5.74) is 7.31. The molecule has 7 nitrogen and oxygen atoms in total. The number of fused-ring (bicyclic) bond motifs is 1. The third-order valence-electron chi connectivity index (χ3n) is 6.89. The first-order valence-corrected chi connectivity index (χ1v) is 12.4. The maximum Gasteiger partial charge on any atom is 0.141 e. The van der Waals surface area contributed by atoms with Crippen LogP contribution in [0.25, 0.3) is 33.5 Å². The summed E-state index contributed by atoms with van der Waals surface area (Å²) >= 11 is 0. The zero-order valence-electron chi connectivity index (χ0n) is 20.0. The van der Waals surface area contributed by atoms with Gasteiger partial charge in [-0.1, -0.05) is 12.1 Å². The molecule has 0 aliphatic carbocycles. The molecule has 0 atom stereocenters. The van der Waals surface area contributed by atoms with Gasteiger partial charge in [-0.15, -0.1) is 0 Å². The summed E-state index contributed by atoms with van der Waals surface area (Å²) in [6.45, 7) is 7.07. The van der Waals surface area contributed by atoms with Crippen molar-refractivity contribution in [3.63, 3.8) is 0 Å². The SMILES string of the molecule is Cc1cc(-c2ncnc3[nH]c(-c4ccc(N5CCOCC5)cc4)cc23)ccc1OC1CCOCC1. The molecule has 0 bridgehead atoms. The van der Waals surface area contributed by atoms with Crippen LogP contribution < -0.4 is 9.64 Å². The number of rotatable bonds is 5. The fourth-order valence-corrected chi connectivity index (χ4v) is 4.90. The number of anilines is 1.